The van der Waals surface area contributed by atoms with Crippen molar-refractivity contribution >= 4 is 0 Å². The van der Waals surface area contributed by atoms with Crippen molar-refractivity contribution in [1.29, 1.82) is 0 Å². The first kappa shape index (κ1) is 117. The number of hydrogen-bond acceptors (Lipinski definition) is 0. The van der Waals surface area contributed by atoms with E-state index < -0.39 is 0 Å². The first-order valence-corrected chi connectivity index (χ1v) is 2.04. The average molecular weight is 851 g/mol. The summed E-state index contributed by atoms with van der Waals surface area (Å²) < 4.78 is 75.0. The molecule has 0 saturated carbocycles. The molecule has 0 aliphatic rings. The van der Waals surface area contributed by atoms with Crippen LogP contribution in [0.3, 0.4) is 0 Å². The molecule has 0 rings (SSSR count). The molecule has 0 aliphatic heterocycles. The molecule has 0 fully saturated rings. The largest absolute Gasteiger partial charge is 0 e. The summed E-state index contributed by atoms with van der Waals surface area (Å²) in [5.74, 6) is 0. The van der Waals surface area contributed by atoms with Crippen LogP contribution in [-0.4, -0.2) is 0 Å². The van der Waals surface area contributed by atoms with Gasteiger partial charge in [0, 0.05) is 59.4 Å². The van der Waals surface area contributed by atoms with Crippen LogP contribution in [0.25, 0.3) is 0 Å². The molecular weight excluding hydrogens is 851 g/mol. The van der Waals surface area contributed by atoms with Gasteiger partial charge in [0.05, 0.1) is 0 Å². The fraction of sp³-hybridized carbons (Fsp3) is 0. The van der Waals surface area contributed by atoms with Crippen LogP contribution in [0.15, 0.2) is 0 Å². The predicted molar refractivity (Wildman–Crippen MR) is 39.3 cm³/mol. The van der Waals surface area contributed by atoms with Gasteiger partial charge in [-0.2, -0.15) is 0 Å². The second kappa shape index (κ2) is 18400. The number of hydrogen-bond donors (Lipinski definition) is 0. The molecule has 0 N–H and O–H groups in total. The molecule has 0 aromatic rings. The maximum absolute atomic E-state index is 7.50. The Morgan fingerprint density at radius 1 is 0.174 bits per heavy atom. The zero-order chi connectivity index (χ0) is 20.0. The van der Waals surface area contributed by atoms with Gasteiger partial charge in [-0.1, -0.05) is 0 Å². The van der Waals surface area contributed by atoms with Gasteiger partial charge < -0.3 is 0 Å². The fourth-order valence-electron chi connectivity index (χ4n) is 0. The van der Waals surface area contributed by atoms with E-state index in [1.165, 1.54) is 0 Å². The summed E-state index contributed by atoms with van der Waals surface area (Å²) in [6.45, 7) is 45.0. The zero-order valence-electron chi connectivity index (χ0n) is 10.1. The Hall–Kier alpha value is -0.691. The minimum Gasteiger partial charge on any atom is 0 e. The molecule has 0 radical (unpaired) electrons. The second-order valence-electron chi connectivity index (χ2n) is 0. The van der Waals surface area contributed by atoms with Crippen LogP contribution >= 0.6 is 0 Å². The van der Waals surface area contributed by atoms with Gasteiger partial charge >= 0.3 is 113 Å². The van der Waals surface area contributed by atoms with Crippen LogP contribution < -0.4 is 0 Å². The zero-order valence-corrected chi connectivity index (χ0v) is 17.8. The first-order chi connectivity index (χ1) is 10.0. The Balaban J connectivity index is -0.00000000433. The van der Waals surface area contributed by atoms with Gasteiger partial charge in [-0.15, -0.1) is 0 Å². The van der Waals surface area contributed by atoms with Gasteiger partial charge in [0.1, 0.15) is 0 Å². The molecule has 23 heavy (non-hydrogen) atoms. The molecule has 0 atom stereocenters. The third kappa shape index (κ3) is 16600. The molecule has 13 heteroatoms. The first-order valence-electron chi connectivity index (χ1n) is 2.04. The summed E-state index contributed by atoms with van der Waals surface area (Å²) in [7, 11) is 0. The van der Waals surface area contributed by atoms with Crippen molar-refractivity contribution in [2.75, 3.05) is 0 Å². The second-order valence-corrected chi connectivity index (χ2v) is 0. The summed E-state index contributed by atoms with van der Waals surface area (Å²) in [4.78, 5) is 0. The molecular formula is C10O10Os3. The predicted octanol–water partition coefficient (Wildman–Crippen LogP) is -0.383. The van der Waals surface area contributed by atoms with Crippen molar-refractivity contribution in [2.24, 2.45) is 0 Å². The standard InChI is InChI=1S/10CO.3Os/c10*1-2;;;. The van der Waals surface area contributed by atoms with Gasteiger partial charge in [0.2, 0.25) is 0 Å². The minimum atomic E-state index is 0. The van der Waals surface area contributed by atoms with E-state index in [4.69, 9.17) is 46.5 Å². The maximum Gasteiger partial charge on any atom is 0 e. The fourth-order valence-corrected chi connectivity index (χ4v) is 0. The molecule has 0 unspecified atom stereocenters. The normalized spacial score (nSPS) is 0.870. The molecule has 0 saturated heterocycles. The van der Waals surface area contributed by atoms with Crippen LogP contribution in [0, 0.1) is 66.5 Å². The van der Waals surface area contributed by atoms with Crippen molar-refractivity contribution < 1.29 is 106 Å². The molecule has 124 valence electrons. The molecule has 0 amide bonds. The number of rotatable bonds is 0. The van der Waals surface area contributed by atoms with Crippen LogP contribution in [-0.2, 0) is 106 Å². The minimum absolute atomic E-state index is 0. The van der Waals surface area contributed by atoms with Crippen LogP contribution in [0.1, 0.15) is 0 Å². The monoisotopic (exact) mass is 856 g/mol. The van der Waals surface area contributed by atoms with E-state index in [1.807, 2.05) is 0 Å². The van der Waals surface area contributed by atoms with Crippen molar-refractivity contribution in [3.05, 3.63) is 66.5 Å². The average Bonchev–Trinajstić information content (AvgIpc) is 2.71. The maximum atomic E-state index is 7.50. The third-order valence-corrected chi connectivity index (χ3v) is 0. The Bertz CT molecular complexity index is 180. The Morgan fingerprint density at radius 2 is 0.174 bits per heavy atom. The molecule has 0 aliphatic carbocycles. The quantitative estimate of drug-likeness (QED) is 0.227. The topological polar surface area (TPSA) is 199 Å². The summed E-state index contributed by atoms with van der Waals surface area (Å²) >= 11 is 0. The van der Waals surface area contributed by atoms with Crippen LogP contribution in [0.2, 0.25) is 0 Å². The van der Waals surface area contributed by atoms with E-state index in [-0.39, 0.29) is 59.4 Å². The van der Waals surface area contributed by atoms with E-state index in [0.29, 0.717) is 0 Å². The van der Waals surface area contributed by atoms with Crippen molar-refractivity contribution in [2.45, 2.75) is 0 Å². The Morgan fingerprint density at radius 3 is 0.174 bits per heavy atom. The van der Waals surface area contributed by atoms with E-state index in [9.17, 15) is 0 Å². The summed E-state index contributed by atoms with van der Waals surface area (Å²) in [5.41, 5.74) is 0. The van der Waals surface area contributed by atoms with E-state index in [0.717, 1.165) is 0 Å². The van der Waals surface area contributed by atoms with Gasteiger partial charge in [0.25, 0.3) is 0 Å². The van der Waals surface area contributed by atoms with Crippen LogP contribution in [0.4, 0.5) is 0 Å². The van der Waals surface area contributed by atoms with Gasteiger partial charge in [0.15, 0.2) is 0 Å². The molecule has 0 aromatic carbocycles. The SMILES string of the molecule is [C-]#[O+].[C-]#[O+].[C-]#[O+].[C-]#[O+].[C-]#[O+].[C-]#[O+].[C-]#[O+].[C-]#[O+].[C-]#[O+].[C-]#[O+].[Os].[Os].[Os]. The molecule has 0 heterocycles. The smallest absolute Gasteiger partial charge is 0 e. The molecule has 0 bridgehead atoms. The summed E-state index contributed by atoms with van der Waals surface area (Å²) in [6.07, 6.45) is 0. The van der Waals surface area contributed by atoms with Crippen molar-refractivity contribution in [3.63, 3.8) is 0 Å². The van der Waals surface area contributed by atoms with Gasteiger partial charge in [-0.3, -0.25) is 0 Å². The summed E-state index contributed by atoms with van der Waals surface area (Å²) in [6, 6.07) is 0. The Labute approximate surface area is 171 Å². The summed E-state index contributed by atoms with van der Waals surface area (Å²) in [5, 5.41) is 0. The van der Waals surface area contributed by atoms with Crippen molar-refractivity contribution in [3.8, 4) is 0 Å². The van der Waals surface area contributed by atoms with Gasteiger partial charge in [-0.05, 0) is 0 Å². The molecule has 10 nitrogen and oxygen atoms in total. The van der Waals surface area contributed by atoms with E-state index >= 15 is 0 Å². The van der Waals surface area contributed by atoms with Crippen LogP contribution in [0.5, 0.6) is 0 Å². The molecule has 0 spiro atoms. The Kier molecular flexibility index (Phi) is 93600. The van der Waals surface area contributed by atoms with E-state index in [1.54, 1.807) is 0 Å². The van der Waals surface area contributed by atoms with Crippen molar-refractivity contribution in [1.82, 2.24) is 0 Å². The van der Waals surface area contributed by atoms with Gasteiger partial charge in [-0.25, -0.2) is 0 Å². The third-order valence-electron chi connectivity index (χ3n) is 0. The van der Waals surface area contributed by atoms with E-state index in [2.05, 4.69) is 66.5 Å². The molecule has 0 aromatic heterocycles.